The summed E-state index contributed by atoms with van der Waals surface area (Å²) < 4.78 is 52.5. The van der Waals surface area contributed by atoms with Crippen molar-refractivity contribution >= 4 is 9.84 Å². The molecule has 0 aliphatic carbocycles. The van der Waals surface area contributed by atoms with Crippen molar-refractivity contribution < 1.29 is 22.3 Å². The molecule has 0 bridgehead atoms. The van der Waals surface area contributed by atoms with Crippen molar-refractivity contribution in [2.24, 2.45) is 0 Å². The minimum absolute atomic E-state index is 0.0148. The zero-order valence-corrected chi connectivity index (χ0v) is 18.3. The average Bonchev–Trinajstić information content (AvgIpc) is 3.30. The Kier molecular flexibility index (Phi) is 5.96. The molecule has 6 nitrogen and oxygen atoms in total. The third-order valence-electron chi connectivity index (χ3n) is 5.01. The molecular weight excluding hydrogens is 431 g/mol. The summed E-state index contributed by atoms with van der Waals surface area (Å²) in [6.07, 6.45) is 1.64. The molecule has 0 unspecified atom stereocenters. The quantitative estimate of drug-likeness (QED) is 0.408. The molecule has 0 saturated heterocycles. The second kappa shape index (κ2) is 8.84. The van der Waals surface area contributed by atoms with Crippen molar-refractivity contribution in [3.05, 3.63) is 90.4 Å². The van der Waals surface area contributed by atoms with Crippen molar-refractivity contribution in [1.82, 2.24) is 9.78 Å². The van der Waals surface area contributed by atoms with Crippen LogP contribution in [0.15, 0.2) is 83.9 Å². The Morgan fingerprint density at radius 1 is 0.906 bits per heavy atom. The van der Waals surface area contributed by atoms with Gasteiger partial charge in [0.25, 0.3) is 0 Å². The molecular formula is C24H21FN2O4S. The van der Waals surface area contributed by atoms with Crippen molar-refractivity contribution in [3.63, 3.8) is 0 Å². The predicted molar refractivity (Wildman–Crippen MR) is 119 cm³/mol. The highest BCUT2D eigenvalue weighted by Gasteiger charge is 2.25. The summed E-state index contributed by atoms with van der Waals surface area (Å²) in [7, 11) is -0.907. The van der Waals surface area contributed by atoms with Gasteiger partial charge in [-0.25, -0.2) is 17.5 Å². The van der Waals surface area contributed by atoms with Gasteiger partial charge < -0.3 is 9.47 Å². The van der Waals surface area contributed by atoms with Gasteiger partial charge in [0.2, 0.25) is 0 Å². The largest absolute Gasteiger partial charge is 0.496 e. The van der Waals surface area contributed by atoms with Crippen molar-refractivity contribution in [2.45, 2.75) is 10.6 Å². The molecule has 8 heteroatoms. The monoisotopic (exact) mass is 452 g/mol. The maximum Gasteiger partial charge on any atom is 0.186 e. The molecule has 4 rings (SSSR count). The van der Waals surface area contributed by atoms with Crippen LogP contribution in [-0.4, -0.2) is 32.4 Å². The minimum atomic E-state index is -3.82. The van der Waals surface area contributed by atoms with E-state index in [1.165, 1.54) is 44.6 Å². The summed E-state index contributed by atoms with van der Waals surface area (Å²) in [4.78, 5) is 0.0148. The Morgan fingerprint density at radius 2 is 1.59 bits per heavy atom. The third kappa shape index (κ3) is 4.22. The fourth-order valence-electron chi connectivity index (χ4n) is 3.47. The summed E-state index contributed by atoms with van der Waals surface area (Å²) in [5.41, 5.74) is 2.50. The van der Waals surface area contributed by atoms with E-state index in [0.717, 1.165) is 5.69 Å². The van der Waals surface area contributed by atoms with Crippen molar-refractivity contribution in [3.8, 4) is 28.4 Å². The molecule has 1 heterocycles. The maximum atomic E-state index is 13.3. The number of para-hydroxylation sites is 1. The summed E-state index contributed by atoms with van der Waals surface area (Å²) in [6.45, 7) is 0. The molecule has 0 spiro atoms. The summed E-state index contributed by atoms with van der Waals surface area (Å²) >= 11 is 0. The average molecular weight is 453 g/mol. The number of methoxy groups -OCH3 is 2. The second-order valence-electron chi connectivity index (χ2n) is 7.05. The normalized spacial score (nSPS) is 11.3. The minimum Gasteiger partial charge on any atom is -0.496 e. The number of sulfone groups is 1. The molecule has 0 N–H and O–H groups in total. The SMILES string of the molecule is COc1cc(OC)c(S(=O)(=O)Cc2ccc(F)cc2)cc1-c1ccnn1-c1ccccc1. The number of benzene rings is 3. The van der Waals surface area contributed by atoms with E-state index in [9.17, 15) is 12.8 Å². The molecule has 0 saturated carbocycles. The van der Waals surface area contributed by atoms with E-state index in [1.807, 2.05) is 30.3 Å². The van der Waals surface area contributed by atoms with E-state index >= 15 is 0 Å². The van der Waals surface area contributed by atoms with Crippen LogP contribution in [0.25, 0.3) is 16.9 Å². The van der Waals surface area contributed by atoms with Crippen molar-refractivity contribution in [1.29, 1.82) is 0 Å². The number of hydrogen-bond donors (Lipinski definition) is 0. The van der Waals surface area contributed by atoms with Crippen LogP contribution in [0.5, 0.6) is 11.5 Å². The van der Waals surface area contributed by atoms with Gasteiger partial charge in [-0.15, -0.1) is 0 Å². The van der Waals surface area contributed by atoms with Gasteiger partial charge in [0.15, 0.2) is 9.84 Å². The van der Waals surface area contributed by atoms with Crippen LogP contribution in [-0.2, 0) is 15.6 Å². The summed E-state index contributed by atoms with van der Waals surface area (Å²) in [6, 6.07) is 19.7. The predicted octanol–water partition coefficient (Wildman–Crippen LogP) is 4.67. The second-order valence-corrected chi connectivity index (χ2v) is 9.01. The summed E-state index contributed by atoms with van der Waals surface area (Å²) in [5.74, 6) is -0.115. The lowest BCUT2D eigenvalue weighted by molar-refractivity contribution is 0.387. The third-order valence-corrected chi connectivity index (χ3v) is 6.71. The lowest BCUT2D eigenvalue weighted by atomic mass is 10.1. The van der Waals surface area contributed by atoms with Gasteiger partial charge in [-0.2, -0.15) is 5.10 Å². The van der Waals surface area contributed by atoms with Crippen LogP contribution in [0, 0.1) is 5.82 Å². The number of ether oxygens (including phenoxy) is 2. The van der Waals surface area contributed by atoms with Gasteiger partial charge in [0.05, 0.1) is 37.6 Å². The van der Waals surface area contributed by atoms with Gasteiger partial charge in [-0.05, 0) is 42.0 Å². The smallest absolute Gasteiger partial charge is 0.186 e. The first-order valence-corrected chi connectivity index (χ1v) is 11.4. The molecule has 0 radical (unpaired) electrons. The lowest BCUT2D eigenvalue weighted by Crippen LogP contribution is -2.08. The highest BCUT2D eigenvalue weighted by molar-refractivity contribution is 7.90. The molecule has 0 aliphatic heterocycles. The number of rotatable bonds is 7. The Morgan fingerprint density at radius 3 is 2.25 bits per heavy atom. The Labute approximate surface area is 185 Å². The van der Waals surface area contributed by atoms with Crippen LogP contribution in [0.4, 0.5) is 4.39 Å². The number of hydrogen-bond acceptors (Lipinski definition) is 5. The van der Waals surface area contributed by atoms with Gasteiger partial charge >= 0.3 is 0 Å². The van der Waals surface area contributed by atoms with Crippen LogP contribution in [0.1, 0.15) is 5.56 Å². The van der Waals surface area contributed by atoms with Gasteiger partial charge in [0.1, 0.15) is 22.2 Å². The van der Waals surface area contributed by atoms with Gasteiger partial charge in [-0.3, -0.25) is 0 Å². The van der Waals surface area contributed by atoms with E-state index in [-0.39, 0.29) is 16.4 Å². The molecule has 0 fully saturated rings. The van der Waals surface area contributed by atoms with Gasteiger partial charge in [-0.1, -0.05) is 30.3 Å². The molecule has 0 aliphatic rings. The van der Waals surface area contributed by atoms with Crippen molar-refractivity contribution in [2.75, 3.05) is 14.2 Å². The first-order valence-electron chi connectivity index (χ1n) is 9.76. The van der Waals surface area contributed by atoms with E-state index in [4.69, 9.17) is 9.47 Å². The van der Waals surface area contributed by atoms with E-state index in [2.05, 4.69) is 5.10 Å². The van der Waals surface area contributed by atoms with E-state index in [1.54, 1.807) is 23.0 Å². The van der Waals surface area contributed by atoms with Gasteiger partial charge in [0, 0.05) is 11.6 Å². The first-order chi connectivity index (χ1) is 15.4. The number of halogens is 1. The lowest BCUT2D eigenvalue weighted by Gasteiger charge is -2.16. The fraction of sp³-hybridized carbons (Fsp3) is 0.125. The van der Waals surface area contributed by atoms with E-state index < -0.39 is 15.7 Å². The van der Waals surface area contributed by atoms with Crippen LogP contribution in [0.2, 0.25) is 0 Å². The zero-order valence-electron chi connectivity index (χ0n) is 17.5. The Bertz CT molecular complexity index is 1330. The van der Waals surface area contributed by atoms with Crippen LogP contribution >= 0.6 is 0 Å². The molecule has 0 amide bonds. The summed E-state index contributed by atoms with van der Waals surface area (Å²) in [5, 5.41) is 4.39. The topological polar surface area (TPSA) is 70.4 Å². The molecule has 32 heavy (non-hydrogen) atoms. The Balaban J connectivity index is 1.85. The highest BCUT2D eigenvalue weighted by atomic mass is 32.2. The zero-order chi connectivity index (χ0) is 22.7. The molecule has 0 atom stereocenters. The molecule has 3 aromatic carbocycles. The fourth-order valence-corrected chi connectivity index (χ4v) is 5.01. The first kappa shape index (κ1) is 21.6. The molecule has 164 valence electrons. The highest BCUT2D eigenvalue weighted by Crippen LogP contribution is 2.39. The standard InChI is InChI=1S/C24H21FN2O4S/c1-30-22-15-23(31-2)24(32(28,29)16-17-8-10-18(25)11-9-17)14-20(22)21-12-13-26-27(21)19-6-4-3-5-7-19/h3-15H,16H2,1-2H3. The molecule has 1 aromatic heterocycles. The van der Waals surface area contributed by atoms with Crippen LogP contribution in [0.3, 0.4) is 0 Å². The van der Waals surface area contributed by atoms with Crippen LogP contribution < -0.4 is 9.47 Å². The molecule has 4 aromatic rings. The Hall–Kier alpha value is -3.65. The number of aromatic nitrogens is 2. The van der Waals surface area contributed by atoms with E-state index in [0.29, 0.717) is 22.6 Å². The maximum absolute atomic E-state index is 13.3. The number of nitrogens with zero attached hydrogens (tertiary/aromatic N) is 2.